The number of carbonyl (C=O) groups excluding carboxylic acids is 2. The molecule has 4 aliphatic carbocycles. The van der Waals surface area contributed by atoms with Crippen molar-refractivity contribution in [1.82, 2.24) is 0 Å². The second-order valence-corrected chi connectivity index (χ2v) is 12.3. The van der Waals surface area contributed by atoms with Gasteiger partial charge in [0, 0.05) is 30.3 Å². The fourth-order valence-corrected chi connectivity index (χ4v) is 9.02. The summed E-state index contributed by atoms with van der Waals surface area (Å²) in [6.07, 6.45) is 3.59. The summed E-state index contributed by atoms with van der Waals surface area (Å²) in [5, 5.41) is 46.7. The van der Waals surface area contributed by atoms with Gasteiger partial charge in [0.2, 0.25) is 0 Å². The molecule has 8 nitrogen and oxygen atoms in total. The molecule has 0 radical (unpaired) electrons. The molecule has 3 unspecified atom stereocenters. The van der Waals surface area contributed by atoms with Gasteiger partial charge in [-0.05, 0) is 70.3 Å². The molecule has 0 spiro atoms. The maximum absolute atomic E-state index is 13.3. The molecule has 4 N–H and O–H groups in total. The third-order valence-corrected chi connectivity index (χ3v) is 11.1. The maximum Gasteiger partial charge on any atom is 0.333 e. The third-order valence-electron chi connectivity index (χ3n) is 11.1. The van der Waals surface area contributed by atoms with Crippen LogP contribution in [-0.2, 0) is 19.1 Å². The quantitative estimate of drug-likeness (QED) is 0.407. The molecule has 0 amide bonds. The van der Waals surface area contributed by atoms with Crippen molar-refractivity contribution >= 4 is 11.8 Å². The van der Waals surface area contributed by atoms with Gasteiger partial charge in [0.25, 0.3) is 0 Å². The van der Waals surface area contributed by atoms with E-state index in [0.29, 0.717) is 31.3 Å². The maximum atomic E-state index is 13.3. The Kier molecular flexibility index (Phi) is 4.93. The zero-order valence-corrected chi connectivity index (χ0v) is 20.6. The molecule has 0 aromatic carbocycles. The molecule has 6 aliphatic rings. The van der Waals surface area contributed by atoms with Gasteiger partial charge in [-0.15, -0.1) is 0 Å². The number of allylic oxidation sites excluding steroid dienone is 1. The van der Waals surface area contributed by atoms with Gasteiger partial charge in [0.1, 0.15) is 11.7 Å². The highest BCUT2D eigenvalue weighted by atomic mass is 16.6. The van der Waals surface area contributed by atoms with Crippen LogP contribution in [-0.4, -0.2) is 68.0 Å². The summed E-state index contributed by atoms with van der Waals surface area (Å²) in [7, 11) is 0. The Morgan fingerprint density at radius 3 is 2.54 bits per heavy atom. The molecule has 192 valence electrons. The summed E-state index contributed by atoms with van der Waals surface area (Å²) in [6, 6.07) is 0. The monoisotopic (exact) mass is 488 g/mol. The first-order valence-corrected chi connectivity index (χ1v) is 12.9. The van der Waals surface area contributed by atoms with E-state index in [0.717, 1.165) is 5.57 Å². The minimum absolute atomic E-state index is 0.0370. The summed E-state index contributed by atoms with van der Waals surface area (Å²) in [5.74, 6) is -4.16. The number of fused-ring (bicyclic) bond motifs is 4. The van der Waals surface area contributed by atoms with Crippen molar-refractivity contribution in [1.29, 1.82) is 0 Å². The fourth-order valence-electron chi connectivity index (χ4n) is 9.02. The van der Waals surface area contributed by atoms with Gasteiger partial charge >= 0.3 is 5.97 Å². The molecule has 35 heavy (non-hydrogen) atoms. The number of carbonyl (C=O) groups is 2. The zero-order chi connectivity index (χ0) is 25.1. The highest BCUT2D eigenvalue weighted by Gasteiger charge is 2.75. The normalized spacial score (nSPS) is 55.2. The van der Waals surface area contributed by atoms with Crippen molar-refractivity contribution < 1.29 is 39.5 Å². The first kappa shape index (κ1) is 23.8. The van der Waals surface area contributed by atoms with Gasteiger partial charge in [-0.25, -0.2) is 4.79 Å². The molecule has 11 atom stereocenters. The molecule has 1 saturated heterocycles. The molecule has 4 fully saturated rings. The van der Waals surface area contributed by atoms with Gasteiger partial charge in [-0.2, -0.15) is 0 Å². The van der Waals surface area contributed by atoms with Crippen LogP contribution in [0.15, 0.2) is 23.3 Å². The smallest absolute Gasteiger partial charge is 0.333 e. The molecule has 0 aromatic rings. The van der Waals surface area contributed by atoms with Crippen LogP contribution < -0.4 is 0 Å². The largest absolute Gasteiger partial charge is 0.458 e. The Balaban J connectivity index is 1.38. The van der Waals surface area contributed by atoms with Crippen LogP contribution in [0.2, 0.25) is 0 Å². The molecule has 3 saturated carbocycles. The summed E-state index contributed by atoms with van der Waals surface area (Å²) in [4.78, 5) is 25.7. The van der Waals surface area contributed by atoms with Crippen molar-refractivity contribution in [3.8, 4) is 0 Å². The predicted molar refractivity (Wildman–Crippen MR) is 122 cm³/mol. The summed E-state index contributed by atoms with van der Waals surface area (Å²) < 4.78 is 11.9. The van der Waals surface area contributed by atoms with Gasteiger partial charge < -0.3 is 29.9 Å². The molecular weight excluding hydrogens is 452 g/mol. The van der Waals surface area contributed by atoms with E-state index >= 15 is 0 Å². The first-order chi connectivity index (χ1) is 16.4. The van der Waals surface area contributed by atoms with Crippen LogP contribution in [0.4, 0.5) is 0 Å². The van der Waals surface area contributed by atoms with Crippen molar-refractivity contribution in [2.75, 3.05) is 6.61 Å². The molecule has 8 heteroatoms. The number of ether oxygens (including phenoxy) is 2. The van der Waals surface area contributed by atoms with Crippen LogP contribution in [0.1, 0.15) is 59.3 Å². The lowest BCUT2D eigenvalue weighted by molar-refractivity contribution is -0.365. The number of aliphatic hydroxyl groups excluding tert-OH is 1. The van der Waals surface area contributed by atoms with E-state index < -0.39 is 52.4 Å². The van der Waals surface area contributed by atoms with Gasteiger partial charge in [0.15, 0.2) is 11.6 Å². The molecule has 2 aliphatic heterocycles. The summed E-state index contributed by atoms with van der Waals surface area (Å²) in [6.45, 7) is 5.39. The fraction of sp³-hybridized carbons (Fsp3) is 0.778. The second-order valence-electron chi connectivity index (χ2n) is 12.3. The minimum Gasteiger partial charge on any atom is -0.458 e. The van der Waals surface area contributed by atoms with Gasteiger partial charge in [-0.3, -0.25) is 4.79 Å². The van der Waals surface area contributed by atoms with E-state index in [1.807, 2.05) is 6.92 Å². The van der Waals surface area contributed by atoms with E-state index in [-0.39, 0.29) is 43.0 Å². The van der Waals surface area contributed by atoms with Crippen molar-refractivity contribution in [3.63, 3.8) is 0 Å². The van der Waals surface area contributed by atoms with Crippen LogP contribution in [0.3, 0.4) is 0 Å². The van der Waals surface area contributed by atoms with Crippen LogP contribution in [0.5, 0.6) is 0 Å². The minimum atomic E-state index is -1.67. The van der Waals surface area contributed by atoms with E-state index in [2.05, 4.69) is 0 Å². The van der Waals surface area contributed by atoms with E-state index in [9.17, 15) is 30.0 Å². The Hall–Kier alpha value is -1.58. The highest BCUT2D eigenvalue weighted by Crippen LogP contribution is 2.68. The molecule has 0 bridgehead atoms. The number of hydrogen-bond donors (Lipinski definition) is 4. The average molecular weight is 489 g/mol. The topological polar surface area (TPSA) is 134 Å². The molecule has 6 rings (SSSR count). The van der Waals surface area contributed by atoms with Crippen LogP contribution in [0, 0.1) is 35.0 Å². The number of hydrogen-bond acceptors (Lipinski definition) is 8. The SMILES string of the molecule is CC1=C(C)C(=O)OC(C2CO[C@@]3(O)C[C@H]4[C@@H](C[C@@H](O)[C@@]5(O)CC=CC(=O)[C@]45C)[C@@H]4CC[C@]2(O)C43)C1. The molecular formula is C27H36O8. The summed E-state index contributed by atoms with van der Waals surface area (Å²) >= 11 is 0. The average Bonchev–Trinajstić information content (AvgIpc) is 3.16. The van der Waals surface area contributed by atoms with Crippen LogP contribution >= 0.6 is 0 Å². The standard InChI is InChI=1S/C27H36O8/c1-13-9-19(35-23(30)14(13)2)18-12-34-27(33)11-17-16(15-6-8-25(18,31)22(15)27)10-21(29)26(32)7-4-5-20(28)24(17,26)3/h4-5,15-19,21-22,29,31-33H,6-12H2,1-3H3/t15-,16-,17-,18?,19?,21+,22?,24-,25+,26-,27-/m0/s1. The van der Waals surface area contributed by atoms with Gasteiger partial charge in [-0.1, -0.05) is 11.6 Å². The Morgan fingerprint density at radius 1 is 1.09 bits per heavy atom. The first-order valence-electron chi connectivity index (χ1n) is 12.9. The summed E-state index contributed by atoms with van der Waals surface area (Å²) in [5.41, 5.74) is -2.64. The molecule has 0 aromatic heterocycles. The van der Waals surface area contributed by atoms with Crippen molar-refractivity contribution in [3.05, 3.63) is 23.3 Å². The van der Waals surface area contributed by atoms with Crippen molar-refractivity contribution in [2.45, 2.75) is 88.5 Å². The second kappa shape index (κ2) is 7.25. The number of cyclic esters (lactones) is 1. The van der Waals surface area contributed by atoms with Crippen LogP contribution in [0.25, 0.3) is 0 Å². The Bertz CT molecular complexity index is 1050. The lowest BCUT2D eigenvalue weighted by atomic mass is 9.43. The number of esters is 1. The predicted octanol–water partition coefficient (Wildman–Crippen LogP) is 1.40. The molecule has 2 heterocycles. The van der Waals surface area contributed by atoms with Crippen molar-refractivity contribution in [2.24, 2.45) is 35.0 Å². The van der Waals surface area contributed by atoms with E-state index in [1.165, 1.54) is 6.08 Å². The third kappa shape index (κ3) is 2.80. The van der Waals surface area contributed by atoms with Gasteiger partial charge in [0.05, 0.1) is 23.7 Å². The lowest BCUT2D eigenvalue weighted by Gasteiger charge is -2.65. The Morgan fingerprint density at radius 2 is 1.83 bits per heavy atom. The van der Waals surface area contributed by atoms with E-state index in [1.54, 1.807) is 19.9 Å². The lowest BCUT2D eigenvalue weighted by Crippen LogP contribution is -2.74. The number of ketones is 1. The number of rotatable bonds is 1. The Labute approximate surface area is 205 Å². The zero-order valence-electron chi connectivity index (χ0n) is 20.6. The highest BCUT2D eigenvalue weighted by molar-refractivity contribution is 5.97. The van der Waals surface area contributed by atoms with E-state index in [4.69, 9.17) is 9.47 Å². The number of aliphatic hydroxyl groups is 4.